The van der Waals surface area contributed by atoms with Gasteiger partial charge in [0.05, 0.1) is 16.9 Å². The number of aryl methyl sites for hydroxylation is 2. The first-order chi connectivity index (χ1) is 18.9. The standard InChI is InChI=1S/C33H23Br2N2OP/c1-20-25-18-27-24-14-6-7-16-30(24)39(38,23-12-4-3-5-13-23)37(28-15-8-10-22-11-9-17-36-33(22)28)29(27)19-26(25)21(2)32(35)31(20)34/h3-19H,1-2H3. The minimum atomic E-state index is -3.38. The van der Waals surface area contributed by atoms with Crippen molar-refractivity contribution in [1.82, 2.24) is 4.98 Å². The molecule has 1 aliphatic heterocycles. The number of nitrogens with zero attached hydrogens (tertiary/aromatic N) is 2. The zero-order chi connectivity index (χ0) is 26.9. The number of pyridine rings is 1. The third-order valence-corrected chi connectivity index (χ3v) is 13.3. The zero-order valence-corrected chi connectivity index (χ0v) is 25.4. The van der Waals surface area contributed by atoms with Crippen molar-refractivity contribution in [3.05, 3.63) is 123 Å². The van der Waals surface area contributed by atoms with Gasteiger partial charge in [-0.25, -0.2) is 0 Å². The monoisotopic (exact) mass is 652 g/mol. The molecule has 0 radical (unpaired) electrons. The van der Waals surface area contributed by atoms with E-state index in [9.17, 15) is 0 Å². The number of benzene rings is 5. The maximum atomic E-state index is 15.9. The highest BCUT2D eigenvalue weighted by Gasteiger charge is 2.43. The van der Waals surface area contributed by atoms with Crippen molar-refractivity contribution in [2.24, 2.45) is 0 Å². The lowest BCUT2D eigenvalue weighted by Crippen LogP contribution is -2.33. The van der Waals surface area contributed by atoms with Crippen molar-refractivity contribution in [3.8, 4) is 11.1 Å². The summed E-state index contributed by atoms with van der Waals surface area (Å²) in [6.45, 7) is 4.26. The van der Waals surface area contributed by atoms with Crippen molar-refractivity contribution in [2.45, 2.75) is 13.8 Å². The van der Waals surface area contributed by atoms with Gasteiger partial charge in [-0.05, 0) is 116 Å². The molecule has 0 bridgehead atoms. The van der Waals surface area contributed by atoms with Crippen LogP contribution in [-0.2, 0) is 4.57 Å². The van der Waals surface area contributed by atoms with E-state index in [0.29, 0.717) is 0 Å². The lowest BCUT2D eigenvalue weighted by molar-refractivity contribution is 0.587. The fourth-order valence-corrected chi connectivity index (χ4v) is 9.88. The quantitative estimate of drug-likeness (QED) is 0.175. The first kappa shape index (κ1) is 24.8. The van der Waals surface area contributed by atoms with Gasteiger partial charge in [0.1, 0.15) is 0 Å². The molecule has 190 valence electrons. The molecular formula is C33H23Br2N2OP. The first-order valence-electron chi connectivity index (χ1n) is 12.7. The summed E-state index contributed by atoms with van der Waals surface area (Å²) in [4.78, 5) is 4.79. The molecule has 0 amide bonds. The van der Waals surface area contributed by atoms with E-state index in [1.54, 1.807) is 6.20 Å². The molecule has 1 atom stereocenters. The number of anilines is 2. The highest BCUT2D eigenvalue weighted by Crippen LogP contribution is 2.62. The molecule has 0 saturated heterocycles. The number of halogens is 2. The van der Waals surface area contributed by atoms with E-state index in [-0.39, 0.29) is 0 Å². The lowest BCUT2D eigenvalue weighted by Gasteiger charge is -2.40. The van der Waals surface area contributed by atoms with Gasteiger partial charge < -0.3 is 0 Å². The Balaban J connectivity index is 1.69. The van der Waals surface area contributed by atoms with Gasteiger partial charge in [-0.2, -0.15) is 0 Å². The van der Waals surface area contributed by atoms with Gasteiger partial charge in [-0.15, -0.1) is 0 Å². The van der Waals surface area contributed by atoms with E-state index >= 15 is 4.57 Å². The van der Waals surface area contributed by atoms with Crippen molar-refractivity contribution in [1.29, 1.82) is 0 Å². The summed E-state index contributed by atoms with van der Waals surface area (Å²) < 4.78 is 20.1. The summed E-state index contributed by atoms with van der Waals surface area (Å²) in [5.74, 6) is 0. The molecule has 0 aliphatic carbocycles. The van der Waals surface area contributed by atoms with Gasteiger partial charge in [0, 0.05) is 36.7 Å². The number of hydrogen-bond donors (Lipinski definition) is 0. The van der Waals surface area contributed by atoms with Crippen LogP contribution in [0, 0.1) is 13.8 Å². The van der Waals surface area contributed by atoms with Crippen LogP contribution >= 0.6 is 39.2 Å². The van der Waals surface area contributed by atoms with Gasteiger partial charge in [-0.3, -0.25) is 14.2 Å². The second kappa shape index (κ2) is 9.16. The molecule has 1 unspecified atom stereocenters. The molecule has 0 N–H and O–H groups in total. The van der Waals surface area contributed by atoms with Crippen molar-refractivity contribution >= 4 is 82.8 Å². The molecule has 7 rings (SSSR count). The Morgan fingerprint density at radius 1 is 0.692 bits per heavy atom. The molecular weight excluding hydrogens is 631 g/mol. The molecule has 2 heterocycles. The third kappa shape index (κ3) is 3.53. The molecule has 3 nitrogen and oxygen atoms in total. The summed E-state index contributed by atoms with van der Waals surface area (Å²) in [6, 6.07) is 32.6. The minimum absolute atomic E-state index is 0.793. The van der Waals surface area contributed by atoms with E-state index in [4.69, 9.17) is 4.98 Å². The molecule has 39 heavy (non-hydrogen) atoms. The molecule has 0 fully saturated rings. The average molecular weight is 654 g/mol. The second-order valence-electron chi connectivity index (χ2n) is 9.89. The molecule has 1 aliphatic rings. The van der Waals surface area contributed by atoms with Crippen molar-refractivity contribution < 1.29 is 4.57 Å². The highest BCUT2D eigenvalue weighted by molar-refractivity contribution is 9.13. The molecule has 0 spiro atoms. The number of hydrogen-bond acceptors (Lipinski definition) is 2. The second-order valence-corrected chi connectivity index (χ2v) is 14.0. The van der Waals surface area contributed by atoms with Gasteiger partial charge in [-0.1, -0.05) is 54.6 Å². The Labute approximate surface area is 244 Å². The smallest absolute Gasteiger partial charge is 0.234 e. The number of rotatable bonds is 2. The van der Waals surface area contributed by atoms with Gasteiger partial charge >= 0.3 is 0 Å². The summed E-state index contributed by atoms with van der Waals surface area (Å²) in [5, 5.41) is 4.93. The van der Waals surface area contributed by atoms with Crippen LogP contribution in [0.25, 0.3) is 32.8 Å². The molecule has 6 aromatic rings. The molecule has 5 aromatic carbocycles. The SMILES string of the molecule is Cc1c(Br)c(Br)c(C)c2cc3c(cc12)-c1ccccc1P(=O)(c1ccccc1)N3c1cccc2cccnc12. The van der Waals surface area contributed by atoms with Crippen LogP contribution in [0.15, 0.2) is 112 Å². The minimum Gasteiger partial charge on any atom is -0.289 e. The Kier molecular flexibility index (Phi) is 5.82. The summed E-state index contributed by atoms with van der Waals surface area (Å²) >= 11 is 7.59. The largest absolute Gasteiger partial charge is 0.289 e. The van der Waals surface area contributed by atoms with Gasteiger partial charge in [0.2, 0.25) is 7.29 Å². The molecule has 6 heteroatoms. The van der Waals surface area contributed by atoms with Crippen LogP contribution in [-0.4, -0.2) is 4.98 Å². The Morgan fingerprint density at radius 3 is 2.13 bits per heavy atom. The normalized spacial score (nSPS) is 16.4. The number of aromatic nitrogens is 1. The van der Waals surface area contributed by atoms with Gasteiger partial charge in [0.15, 0.2) is 0 Å². The van der Waals surface area contributed by atoms with Crippen molar-refractivity contribution in [2.75, 3.05) is 4.67 Å². The van der Waals surface area contributed by atoms with Crippen LogP contribution in [0.5, 0.6) is 0 Å². The van der Waals surface area contributed by atoms with E-state index in [0.717, 1.165) is 69.5 Å². The number of para-hydroxylation sites is 1. The lowest BCUT2D eigenvalue weighted by atomic mass is 9.94. The van der Waals surface area contributed by atoms with Crippen LogP contribution in [0.4, 0.5) is 11.4 Å². The first-order valence-corrected chi connectivity index (χ1v) is 16.0. The fraction of sp³-hybridized carbons (Fsp3) is 0.0606. The highest BCUT2D eigenvalue weighted by atomic mass is 79.9. The summed E-state index contributed by atoms with van der Waals surface area (Å²) in [7, 11) is -3.38. The predicted molar refractivity (Wildman–Crippen MR) is 171 cm³/mol. The van der Waals surface area contributed by atoms with E-state index < -0.39 is 7.29 Å². The Hall–Kier alpha value is -3.24. The van der Waals surface area contributed by atoms with Crippen LogP contribution < -0.4 is 15.3 Å². The van der Waals surface area contributed by atoms with E-state index in [1.807, 2.05) is 66.7 Å². The van der Waals surface area contributed by atoms with Crippen molar-refractivity contribution in [3.63, 3.8) is 0 Å². The third-order valence-electron chi connectivity index (χ3n) is 7.77. The van der Waals surface area contributed by atoms with E-state index in [2.05, 4.69) is 80.7 Å². The summed E-state index contributed by atoms with van der Waals surface area (Å²) in [6.07, 6.45) is 1.81. The fourth-order valence-electron chi connectivity index (χ4n) is 5.82. The van der Waals surface area contributed by atoms with Gasteiger partial charge in [0.25, 0.3) is 0 Å². The number of fused-ring (bicyclic) bond motifs is 5. The summed E-state index contributed by atoms with van der Waals surface area (Å²) in [5.41, 5.74) is 6.94. The van der Waals surface area contributed by atoms with E-state index in [1.165, 1.54) is 5.39 Å². The van der Waals surface area contributed by atoms with Crippen LogP contribution in [0.1, 0.15) is 11.1 Å². The predicted octanol–water partition coefficient (Wildman–Crippen LogP) is 9.58. The molecule has 1 aromatic heterocycles. The Bertz CT molecular complexity index is 2000. The van der Waals surface area contributed by atoms with Crippen LogP contribution in [0.2, 0.25) is 0 Å². The molecule has 0 saturated carbocycles. The Morgan fingerprint density at radius 2 is 1.36 bits per heavy atom. The zero-order valence-electron chi connectivity index (χ0n) is 21.3. The van der Waals surface area contributed by atoms with Crippen LogP contribution in [0.3, 0.4) is 0 Å². The maximum absolute atomic E-state index is 15.9. The maximum Gasteiger partial charge on any atom is 0.234 e. The average Bonchev–Trinajstić information content (AvgIpc) is 2.99. The topological polar surface area (TPSA) is 33.2 Å².